The van der Waals surface area contributed by atoms with Crippen molar-refractivity contribution in [2.45, 2.75) is 19.3 Å². The Bertz CT molecular complexity index is 1320. The molecule has 8 nitrogen and oxygen atoms in total. The molecular formula is C27H29ClF3N5O3. The Labute approximate surface area is 230 Å². The predicted octanol–water partition coefficient (Wildman–Crippen LogP) is 4.51. The lowest BCUT2D eigenvalue weighted by Crippen LogP contribution is -2.43. The number of nitrogens with one attached hydrogen (secondary N) is 1. The molecule has 5 N–H and O–H groups in total. The Kier molecular flexibility index (Phi) is 9.79. The summed E-state index contributed by atoms with van der Waals surface area (Å²) in [4.78, 5) is 27.5. The third-order valence-electron chi connectivity index (χ3n) is 6.19. The minimum absolute atomic E-state index is 0. The van der Waals surface area contributed by atoms with Crippen LogP contribution in [0.25, 0.3) is 0 Å². The van der Waals surface area contributed by atoms with Gasteiger partial charge in [0, 0.05) is 32.7 Å². The Morgan fingerprint density at radius 3 is 2.36 bits per heavy atom. The van der Waals surface area contributed by atoms with E-state index in [0.29, 0.717) is 23.4 Å². The number of alkyl halides is 3. The molecule has 0 radical (unpaired) electrons. The Balaban J connectivity index is 0.00000420. The molecule has 1 heterocycles. The number of carbonyl (C=O) groups is 2. The Hall–Kier alpha value is -3.80. The van der Waals surface area contributed by atoms with E-state index in [2.05, 4.69) is 10.2 Å². The van der Waals surface area contributed by atoms with Crippen LogP contribution in [-0.4, -0.2) is 43.0 Å². The van der Waals surface area contributed by atoms with Gasteiger partial charge in [-0.1, -0.05) is 30.3 Å². The van der Waals surface area contributed by atoms with Crippen molar-refractivity contribution in [2.24, 2.45) is 11.5 Å². The summed E-state index contributed by atoms with van der Waals surface area (Å²) in [6.07, 6.45) is -4.59. The molecule has 4 rings (SSSR count). The van der Waals surface area contributed by atoms with Crippen molar-refractivity contribution in [3.8, 4) is 11.5 Å². The lowest BCUT2D eigenvalue weighted by molar-refractivity contribution is -0.137. The molecule has 0 unspecified atom stereocenters. The molecule has 1 saturated heterocycles. The largest absolute Gasteiger partial charge is 0.457 e. The minimum Gasteiger partial charge on any atom is -0.457 e. The highest BCUT2D eigenvalue weighted by atomic mass is 35.5. The average Bonchev–Trinajstić information content (AvgIpc) is 2.88. The zero-order valence-corrected chi connectivity index (χ0v) is 21.7. The minimum atomic E-state index is -4.59. The Morgan fingerprint density at radius 1 is 0.974 bits per heavy atom. The van der Waals surface area contributed by atoms with E-state index in [1.807, 2.05) is 0 Å². The summed E-state index contributed by atoms with van der Waals surface area (Å²) in [5, 5.41) is 3.24. The summed E-state index contributed by atoms with van der Waals surface area (Å²) in [5.41, 5.74) is 11.6. The summed E-state index contributed by atoms with van der Waals surface area (Å²) in [5.74, 6) is -0.0518. The van der Waals surface area contributed by atoms with Crippen molar-refractivity contribution in [2.75, 3.05) is 31.1 Å². The van der Waals surface area contributed by atoms with Crippen LogP contribution in [0.3, 0.4) is 0 Å². The molecule has 3 aromatic rings. The topological polar surface area (TPSA) is 114 Å². The number of urea groups is 1. The van der Waals surface area contributed by atoms with Crippen LogP contribution in [-0.2, 0) is 19.3 Å². The number of anilines is 1. The zero-order chi connectivity index (χ0) is 27.3. The average molecular weight is 564 g/mol. The first kappa shape index (κ1) is 29.8. The molecule has 0 bridgehead atoms. The lowest BCUT2D eigenvalue weighted by atomic mass is 10.1. The van der Waals surface area contributed by atoms with E-state index in [1.54, 1.807) is 42.5 Å². The number of benzene rings is 3. The molecule has 208 valence electrons. The molecule has 0 spiro atoms. The molecule has 3 aromatic carbocycles. The molecule has 39 heavy (non-hydrogen) atoms. The summed E-state index contributed by atoms with van der Waals surface area (Å²) < 4.78 is 46.6. The van der Waals surface area contributed by atoms with E-state index >= 15 is 0 Å². The molecule has 0 aliphatic carbocycles. The number of nitrogens with two attached hydrogens (primary N) is 2. The molecule has 1 aliphatic heterocycles. The fraction of sp³-hybridized carbons (Fsp3) is 0.259. The zero-order valence-electron chi connectivity index (χ0n) is 20.9. The SMILES string of the molecule is Cl.NC(=O)c1ccccc1Oc1cccc(CN(C(N)=O)c2cc(C(F)(F)F)ccc2CN2CCNCC2)c1. The van der Waals surface area contributed by atoms with Gasteiger partial charge in [-0.05, 0) is 47.5 Å². The van der Waals surface area contributed by atoms with Gasteiger partial charge < -0.3 is 21.5 Å². The summed E-state index contributed by atoms with van der Waals surface area (Å²) >= 11 is 0. The Morgan fingerprint density at radius 2 is 1.69 bits per heavy atom. The van der Waals surface area contributed by atoms with Crippen LogP contribution in [0.5, 0.6) is 11.5 Å². The molecule has 1 aliphatic rings. The van der Waals surface area contributed by atoms with E-state index in [4.69, 9.17) is 16.2 Å². The van der Waals surface area contributed by atoms with Crippen LogP contribution in [0.15, 0.2) is 66.7 Å². The molecule has 12 heteroatoms. The van der Waals surface area contributed by atoms with Crippen molar-refractivity contribution in [3.05, 3.63) is 89.0 Å². The van der Waals surface area contributed by atoms with Crippen LogP contribution in [0.2, 0.25) is 0 Å². The summed E-state index contributed by atoms with van der Waals surface area (Å²) in [6.45, 7) is 3.25. The number of para-hydroxylation sites is 1. The van der Waals surface area contributed by atoms with Crippen LogP contribution in [0.4, 0.5) is 23.7 Å². The highest BCUT2D eigenvalue weighted by Gasteiger charge is 2.32. The molecule has 0 aromatic heterocycles. The fourth-order valence-electron chi connectivity index (χ4n) is 4.29. The van der Waals surface area contributed by atoms with E-state index in [1.165, 1.54) is 12.1 Å². The number of nitrogens with zero attached hydrogens (tertiary/aromatic N) is 2. The first-order valence-electron chi connectivity index (χ1n) is 12.0. The van der Waals surface area contributed by atoms with Gasteiger partial charge in [0.25, 0.3) is 5.91 Å². The highest BCUT2D eigenvalue weighted by molar-refractivity contribution is 5.95. The first-order valence-corrected chi connectivity index (χ1v) is 12.0. The van der Waals surface area contributed by atoms with Crippen LogP contribution in [0, 0.1) is 0 Å². The van der Waals surface area contributed by atoms with Crippen molar-refractivity contribution in [3.63, 3.8) is 0 Å². The maximum atomic E-state index is 13.6. The van der Waals surface area contributed by atoms with Gasteiger partial charge in [0.1, 0.15) is 11.5 Å². The van der Waals surface area contributed by atoms with E-state index in [0.717, 1.165) is 43.2 Å². The van der Waals surface area contributed by atoms with Gasteiger partial charge in [0.05, 0.1) is 23.4 Å². The normalized spacial score (nSPS) is 13.8. The number of carbonyl (C=O) groups excluding carboxylic acids is 2. The third-order valence-corrected chi connectivity index (χ3v) is 6.19. The van der Waals surface area contributed by atoms with E-state index in [-0.39, 0.29) is 36.0 Å². The van der Waals surface area contributed by atoms with Gasteiger partial charge in [-0.15, -0.1) is 12.4 Å². The maximum absolute atomic E-state index is 13.6. The second-order valence-electron chi connectivity index (χ2n) is 8.90. The van der Waals surface area contributed by atoms with E-state index < -0.39 is 23.7 Å². The van der Waals surface area contributed by atoms with Gasteiger partial charge in [-0.2, -0.15) is 13.2 Å². The first-order chi connectivity index (χ1) is 18.1. The van der Waals surface area contributed by atoms with Crippen molar-refractivity contribution < 1.29 is 27.5 Å². The fourth-order valence-corrected chi connectivity index (χ4v) is 4.29. The van der Waals surface area contributed by atoms with Crippen LogP contribution >= 0.6 is 12.4 Å². The summed E-state index contributed by atoms with van der Waals surface area (Å²) in [6, 6.07) is 15.6. The second-order valence-corrected chi connectivity index (χ2v) is 8.90. The van der Waals surface area contributed by atoms with Gasteiger partial charge in [-0.3, -0.25) is 14.6 Å². The molecule has 0 saturated carbocycles. The van der Waals surface area contributed by atoms with Crippen LogP contribution in [0.1, 0.15) is 27.0 Å². The number of hydrogen-bond donors (Lipinski definition) is 3. The molecule has 3 amide bonds. The van der Waals surface area contributed by atoms with Crippen molar-refractivity contribution >= 4 is 30.0 Å². The second kappa shape index (κ2) is 12.8. The highest BCUT2D eigenvalue weighted by Crippen LogP contribution is 2.35. The van der Waals surface area contributed by atoms with E-state index in [9.17, 15) is 22.8 Å². The number of primary amides is 2. The predicted molar refractivity (Wildman–Crippen MR) is 144 cm³/mol. The number of hydrogen-bond acceptors (Lipinski definition) is 5. The number of piperazine rings is 1. The maximum Gasteiger partial charge on any atom is 0.416 e. The van der Waals surface area contributed by atoms with Gasteiger partial charge >= 0.3 is 12.2 Å². The van der Waals surface area contributed by atoms with Gasteiger partial charge in [0.15, 0.2) is 0 Å². The number of ether oxygens (including phenoxy) is 1. The molecular weight excluding hydrogens is 535 g/mol. The number of halogens is 4. The summed E-state index contributed by atoms with van der Waals surface area (Å²) in [7, 11) is 0. The van der Waals surface area contributed by atoms with Gasteiger partial charge in [-0.25, -0.2) is 4.79 Å². The smallest absolute Gasteiger partial charge is 0.416 e. The standard InChI is InChI=1S/C27H28F3N5O3.ClH/c28-27(29,30)20-9-8-19(17-34-12-10-33-11-13-34)23(15-20)35(26(32)37)16-18-4-3-5-21(14-18)38-24-7-2-1-6-22(24)25(31)36;/h1-9,14-15,33H,10-13,16-17H2,(H2,31,36)(H2,32,37);1H. The van der Waals surface area contributed by atoms with Crippen molar-refractivity contribution in [1.29, 1.82) is 0 Å². The third kappa shape index (κ3) is 7.62. The van der Waals surface area contributed by atoms with Crippen molar-refractivity contribution in [1.82, 2.24) is 10.2 Å². The quantitative estimate of drug-likeness (QED) is 0.373. The molecule has 0 atom stereocenters. The van der Waals surface area contributed by atoms with Gasteiger partial charge in [0.2, 0.25) is 0 Å². The molecule has 1 fully saturated rings. The number of amides is 3. The monoisotopic (exact) mass is 563 g/mol. The number of rotatable bonds is 8. The lowest BCUT2D eigenvalue weighted by Gasteiger charge is -2.30. The van der Waals surface area contributed by atoms with Crippen LogP contribution < -0.4 is 26.4 Å².